The van der Waals surface area contributed by atoms with Crippen LogP contribution in [0.3, 0.4) is 0 Å². The van der Waals surface area contributed by atoms with Gasteiger partial charge in [0.1, 0.15) is 5.25 Å². The third kappa shape index (κ3) is 3.09. The van der Waals surface area contributed by atoms with E-state index in [0.717, 1.165) is 5.69 Å². The maximum Gasteiger partial charge on any atom is 0.320 e. The number of tetrazole rings is 1. The second-order valence-electron chi connectivity index (χ2n) is 3.57. The number of nitrogens with zero attached hydrogens (tertiary/aromatic N) is 4. The molecular weight excluding hydrogens is 266 g/mol. The lowest BCUT2D eigenvalue weighted by atomic mass is 10.3. The fourth-order valence-corrected chi connectivity index (χ4v) is 2.30. The number of hydrogen-bond acceptors (Lipinski definition) is 7. The van der Waals surface area contributed by atoms with Gasteiger partial charge in [0.05, 0.1) is 12.8 Å². The van der Waals surface area contributed by atoms with Gasteiger partial charge in [-0.1, -0.05) is 30.0 Å². The molecule has 2 rings (SSSR count). The molecule has 1 aromatic heterocycles. The van der Waals surface area contributed by atoms with Crippen LogP contribution in [0.4, 0.5) is 0 Å². The Kier molecular flexibility index (Phi) is 4.48. The van der Waals surface area contributed by atoms with Gasteiger partial charge in [-0.25, -0.2) is 0 Å². The number of esters is 1. The van der Waals surface area contributed by atoms with Gasteiger partial charge in [-0.2, -0.15) is 4.68 Å². The molecule has 19 heavy (non-hydrogen) atoms. The zero-order chi connectivity index (χ0) is 13.7. The van der Waals surface area contributed by atoms with Gasteiger partial charge in [-0.05, 0) is 22.6 Å². The van der Waals surface area contributed by atoms with Crippen LogP contribution in [-0.2, 0) is 9.53 Å². The molecule has 1 heterocycles. The van der Waals surface area contributed by atoms with E-state index in [-0.39, 0.29) is 6.54 Å². The largest absolute Gasteiger partial charge is 0.468 e. The minimum absolute atomic E-state index is 0.152. The highest BCUT2D eigenvalue weighted by molar-refractivity contribution is 8.00. The van der Waals surface area contributed by atoms with Crippen LogP contribution in [0.2, 0.25) is 0 Å². The fourth-order valence-electron chi connectivity index (χ4n) is 1.43. The molecule has 2 N–H and O–H groups in total. The van der Waals surface area contributed by atoms with Crippen molar-refractivity contribution < 1.29 is 9.53 Å². The molecule has 1 atom stereocenters. The second-order valence-corrected chi connectivity index (χ2v) is 4.74. The van der Waals surface area contributed by atoms with E-state index in [1.165, 1.54) is 18.9 Å². The summed E-state index contributed by atoms with van der Waals surface area (Å²) in [6.07, 6.45) is 0. The average molecular weight is 279 g/mol. The van der Waals surface area contributed by atoms with Crippen molar-refractivity contribution in [3.8, 4) is 5.69 Å². The predicted octanol–water partition coefficient (Wildman–Crippen LogP) is 0.255. The number of rotatable bonds is 5. The molecule has 1 aromatic carbocycles. The number of methoxy groups -OCH3 is 1. The zero-order valence-corrected chi connectivity index (χ0v) is 11.1. The van der Waals surface area contributed by atoms with E-state index in [2.05, 4.69) is 20.3 Å². The van der Waals surface area contributed by atoms with Gasteiger partial charge in [0.25, 0.3) is 0 Å². The first-order chi connectivity index (χ1) is 9.26. The van der Waals surface area contributed by atoms with E-state index in [9.17, 15) is 4.79 Å². The van der Waals surface area contributed by atoms with Crippen LogP contribution in [0, 0.1) is 0 Å². The minimum Gasteiger partial charge on any atom is -0.468 e. The van der Waals surface area contributed by atoms with Crippen LogP contribution in [0.15, 0.2) is 35.5 Å². The Balaban J connectivity index is 2.23. The van der Waals surface area contributed by atoms with Crippen LogP contribution in [0.1, 0.15) is 0 Å². The van der Waals surface area contributed by atoms with Gasteiger partial charge in [-0.3, -0.25) is 4.79 Å². The van der Waals surface area contributed by atoms with Crippen molar-refractivity contribution in [2.24, 2.45) is 5.73 Å². The molecule has 1 unspecified atom stereocenters. The van der Waals surface area contributed by atoms with Crippen LogP contribution in [-0.4, -0.2) is 45.1 Å². The number of thioether (sulfide) groups is 1. The van der Waals surface area contributed by atoms with Gasteiger partial charge in [0.2, 0.25) is 5.16 Å². The lowest BCUT2D eigenvalue weighted by Crippen LogP contribution is -2.28. The number of carbonyl (C=O) groups excluding carboxylic acids is 1. The maximum atomic E-state index is 11.5. The van der Waals surface area contributed by atoms with Crippen molar-refractivity contribution in [3.05, 3.63) is 30.3 Å². The van der Waals surface area contributed by atoms with Gasteiger partial charge in [0, 0.05) is 6.54 Å². The smallest absolute Gasteiger partial charge is 0.320 e. The molecule has 0 bridgehead atoms. The Labute approximate surface area is 114 Å². The maximum absolute atomic E-state index is 11.5. The molecular formula is C11H13N5O2S. The molecule has 8 heteroatoms. The summed E-state index contributed by atoms with van der Waals surface area (Å²) >= 11 is 1.18. The monoisotopic (exact) mass is 279 g/mol. The number of carbonyl (C=O) groups is 1. The molecule has 2 aromatic rings. The van der Waals surface area contributed by atoms with Crippen molar-refractivity contribution in [3.63, 3.8) is 0 Å². The van der Waals surface area contributed by atoms with E-state index in [1.54, 1.807) is 4.68 Å². The summed E-state index contributed by atoms with van der Waals surface area (Å²) in [6, 6.07) is 9.40. The van der Waals surface area contributed by atoms with E-state index in [0.29, 0.717) is 5.16 Å². The molecule has 100 valence electrons. The topological polar surface area (TPSA) is 95.9 Å². The van der Waals surface area contributed by atoms with Gasteiger partial charge in [0.15, 0.2) is 0 Å². The van der Waals surface area contributed by atoms with E-state index >= 15 is 0 Å². The highest BCUT2D eigenvalue weighted by atomic mass is 32.2. The highest BCUT2D eigenvalue weighted by Gasteiger charge is 2.22. The van der Waals surface area contributed by atoms with E-state index in [1.807, 2.05) is 30.3 Å². The number of aromatic nitrogens is 4. The highest BCUT2D eigenvalue weighted by Crippen LogP contribution is 2.23. The quantitative estimate of drug-likeness (QED) is 0.619. The molecule has 0 amide bonds. The van der Waals surface area contributed by atoms with Gasteiger partial charge in [-0.15, -0.1) is 5.10 Å². The Bertz CT molecular complexity index is 545. The Hall–Kier alpha value is -1.93. The summed E-state index contributed by atoms with van der Waals surface area (Å²) in [6.45, 7) is 0.152. The van der Waals surface area contributed by atoms with Crippen molar-refractivity contribution in [1.82, 2.24) is 20.2 Å². The Morgan fingerprint density at radius 3 is 2.84 bits per heavy atom. The number of benzene rings is 1. The van der Waals surface area contributed by atoms with Crippen LogP contribution < -0.4 is 5.73 Å². The molecule has 0 spiro atoms. The van der Waals surface area contributed by atoms with Crippen molar-refractivity contribution in [1.29, 1.82) is 0 Å². The molecule has 7 nitrogen and oxygen atoms in total. The summed E-state index contributed by atoms with van der Waals surface area (Å²) in [5, 5.41) is 11.4. The number of ether oxygens (including phenoxy) is 1. The summed E-state index contributed by atoms with van der Waals surface area (Å²) in [7, 11) is 1.33. The summed E-state index contributed by atoms with van der Waals surface area (Å²) in [5.74, 6) is -0.393. The van der Waals surface area contributed by atoms with E-state index in [4.69, 9.17) is 5.73 Å². The second kappa shape index (κ2) is 6.30. The third-order valence-electron chi connectivity index (χ3n) is 2.37. The average Bonchev–Trinajstić information content (AvgIpc) is 2.93. The predicted molar refractivity (Wildman–Crippen MR) is 69.9 cm³/mol. The molecule has 0 aliphatic heterocycles. The molecule has 0 aliphatic rings. The summed E-state index contributed by atoms with van der Waals surface area (Å²) < 4.78 is 6.23. The Morgan fingerprint density at radius 2 is 2.21 bits per heavy atom. The number of para-hydroxylation sites is 1. The SMILES string of the molecule is COC(=O)C(CN)Sc1nnnn1-c1ccccc1. The standard InChI is InChI=1S/C11H13N5O2S/c1-18-10(17)9(7-12)19-11-13-14-15-16(11)8-5-3-2-4-6-8/h2-6,9H,7,12H2,1H3. The summed E-state index contributed by atoms with van der Waals surface area (Å²) in [4.78, 5) is 11.5. The van der Waals surface area contributed by atoms with Gasteiger partial charge >= 0.3 is 5.97 Å². The molecule has 0 aliphatic carbocycles. The van der Waals surface area contributed by atoms with Crippen molar-refractivity contribution in [2.75, 3.05) is 13.7 Å². The van der Waals surface area contributed by atoms with Crippen LogP contribution in [0.25, 0.3) is 5.69 Å². The first-order valence-corrected chi connectivity index (χ1v) is 6.42. The lowest BCUT2D eigenvalue weighted by Gasteiger charge is -2.11. The van der Waals surface area contributed by atoms with E-state index < -0.39 is 11.2 Å². The third-order valence-corrected chi connectivity index (χ3v) is 3.50. The lowest BCUT2D eigenvalue weighted by molar-refractivity contribution is -0.139. The van der Waals surface area contributed by atoms with Crippen molar-refractivity contribution in [2.45, 2.75) is 10.4 Å². The number of hydrogen-bond donors (Lipinski definition) is 1. The van der Waals surface area contributed by atoms with Crippen molar-refractivity contribution >= 4 is 17.7 Å². The molecule has 0 fully saturated rings. The summed E-state index contributed by atoms with van der Waals surface area (Å²) in [5.41, 5.74) is 6.37. The molecule has 0 radical (unpaired) electrons. The van der Waals surface area contributed by atoms with Crippen LogP contribution in [0.5, 0.6) is 0 Å². The zero-order valence-electron chi connectivity index (χ0n) is 10.3. The molecule has 0 saturated heterocycles. The molecule has 0 saturated carbocycles. The fraction of sp³-hybridized carbons (Fsp3) is 0.273. The first-order valence-electron chi connectivity index (χ1n) is 5.54. The Morgan fingerprint density at radius 1 is 1.47 bits per heavy atom. The van der Waals surface area contributed by atoms with Crippen LogP contribution >= 0.6 is 11.8 Å². The minimum atomic E-state index is -0.529. The normalized spacial score (nSPS) is 12.1. The first kappa shape index (κ1) is 13.5. The number of nitrogens with two attached hydrogens (primary N) is 1. The van der Waals surface area contributed by atoms with Gasteiger partial charge < -0.3 is 10.5 Å².